The van der Waals surface area contributed by atoms with Crippen molar-refractivity contribution in [2.45, 2.75) is 32.9 Å². The lowest BCUT2D eigenvalue weighted by Gasteiger charge is -2.17. The van der Waals surface area contributed by atoms with Crippen LogP contribution >= 0.6 is 0 Å². The van der Waals surface area contributed by atoms with E-state index < -0.39 is 5.60 Å². The highest BCUT2D eigenvalue weighted by molar-refractivity contribution is 5.28. The van der Waals surface area contributed by atoms with Gasteiger partial charge in [-0.05, 0) is 20.8 Å². The van der Waals surface area contributed by atoms with Gasteiger partial charge in [-0.1, -0.05) is 0 Å². The van der Waals surface area contributed by atoms with Crippen LogP contribution in [-0.4, -0.2) is 20.5 Å². The molecule has 0 fully saturated rings. The topological polar surface area (TPSA) is 64.1 Å². The standard InChI is InChI=1S/C8H15N3O/c1-6-4-7(9)10-11(6)5-8(2,3)12/h4,12H,5H2,1-3H3,(H2,9,10). The third kappa shape index (κ3) is 2.23. The Morgan fingerprint density at radius 2 is 2.25 bits per heavy atom. The van der Waals surface area contributed by atoms with E-state index in [1.165, 1.54) is 0 Å². The van der Waals surface area contributed by atoms with E-state index >= 15 is 0 Å². The minimum absolute atomic E-state index is 0.468. The number of anilines is 1. The molecule has 0 aliphatic carbocycles. The van der Waals surface area contributed by atoms with E-state index in [2.05, 4.69) is 5.10 Å². The van der Waals surface area contributed by atoms with Gasteiger partial charge in [-0.3, -0.25) is 4.68 Å². The van der Waals surface area contributed by atoms with Gasteiger partial charge in [-0.15, -0.1) is 0 Å². The molecule has 0 radical (unpaired) electrons. The highest BCUT2D eigenvalue weighted by atomic mass is 16.3. The molecule has 0 saturated carbocycles. The van der Waals surface area contributed by atoms with Crippen LogP contribution < -0.4 is 5.73 Å². The zero-order chi connectivity index (χ0) is 9.35. The summed E-state index contributed by atoms with van der Waals surface area (Å²) in [7, 11) is 0. The zero-order valence-corrected chi connectivity index (χ0v) is 7.70. The first kappa shape index (κ1) is 9.06. The van der Waals surface area contributed by atoms with E-state index in [9.17, 15) is 5.11 Å². The molecule has 0 amide bonds. The number of hydrogen-bond donors (Lipinski definition) is 2. The predicted octanol–water partition coefficient (Wildman–Crippen LogP) is 0.545. The Morgan fingerprint density at radius 3 is 2.58 bits per heavy atom. The third-order valence-corrected chi connectivity index (χ3v) is 1.54. The molecule has 4 nitrogen and oxygen atoms in total. The molecule has 0 aliphatic rings. The van der Waals surface area contributed by atoms with Crippen molar-refractivity contribution in [3.63, 3.8) is 0 Å². The molecular weight excluding hydrogens is 154 g/mol. The molecule has 0 bridgehead atoms. The highest BCUT2D eigenvalue weighted by Gasteiger charge is 2.15. The first-order valence-electron chi connectivity index (χ1n) is 3.91. The lowest BCUT2D eigenvalue weighted by molar-refractivity contribution is 0.0572. The van der Waals surface area contributed by atoms with Gasteiger partial charge in [0.25, 0.3) is 0 Å². The molecule has 0 unspecified atom stereocenters. The maximum atomic E-state index is 9.50. The van der Waals surface area contributed by atoms with Crippen molar-refractivity contribution in [3.8, 4) is 0 Å². The second kappa shape index (κ2) is 2.79. The number of aryl methyl sites for hydroxylation is 1. The van der Waals surface area contributed by atoms with Crippen molar-refractivity contribution < 1.29 is 5.11 Å². The fraction of sp³-hybridized carbons (Fsp3) is 0.625. The van der Waals surface area contributed by atoms with E-state index in [1.807, 2.05) is 6.92 Å². The molecule has 0 spiro atoms. The number of aliphatic hydroxyl groups is 1. The van der Waals surface area contributed by atoms with Gasteiger partial charge in [-0.25, -0.2) is 0 Å². The van der Waals surface area contributed by atoms with Gasteiger partial charge in [0, 0.05) is 11.8 Å². The molecule has 0 aromatic carbocycles. The highest BCUT2D eigenvalue weighted by Crippen LogP contribution is 2.10. The fourth-order valence-electron chi connectivity index (χ4n) is 1.06. The van der Waals surface area contributed by atoms with E-state index in [0.29, 0.717) is 12.4 Å². The van der Waals surface area contributed by atoms with Gasteiger partial charge < -0.3 is 10.8 Å². The average Bonchev–Trinajstić information content (AvgIpc) is 2.06. The van der Waals surface area contributed by atoms with Crippen LogP contribution in [0.1, 0.15) is 19.5 Å². The summed E-state index contributed by atoms with van der Waals surface area (Å²) in [5.41, 5.74) is 5.71. The van der Waals surface area contributed by atoms with Crippen molar-refractivity contribution in [2.24, 2.45) is 0 Å². The van der Waals surface area contributed by atoms with E-state index in [-0.39, 0.29) is 0 Å². The molecule has 0 aliphatic heterocycles. The normalized spacial score (nSPS) is 12.0. The molecular formula is C8H15N3O. The second-order valence-electron chi connectivity index (χ2n) is 3.68. The molecule has 0 atom stereocenters. The lowest BCUT2D eigenvalue weighted by atomic mass is 10.1. The van der Waals surface area contributed by atoms with Crippen molar-refractivity contribution >= 4 is 5.82 Å². The van der Waals surface area contributed by atoms with Gasteiger partial charge in [0.05, 0.1) is 12.1 Å². The Kier molecular flexibility index (Phi) is 2.10. The molecule has 1 aromatic rings. The Balaban J connectivity index is 2.82. The SMILES string of the molecule is Cc1cc(N)nn1CC(C)(C)O. The van der Waals surface area contributed by atoms with Crippen LogP contribution in [0.5, 0.6) is 0 Å². The maximum absolute atomic E-state index is 9.50. The summed E-state index contributed by atoms with van der Waals surface area (Å²) in [4.78, 5) is 0. The summed E-state index contributed by atoms with van der Waals surface area (Å²) >= 11 is 0. The molecule has 68 valence electrons. The monoisotopic (exact) mass is 169 g/mol. The molecule has 0 saturated heterocycles. The predicted molar refractivity (Wildman–Crippen MR) is 47.7 cm³/mol. The quantitative estimate of drug-likeness (QED) is 0.679. The summed E-state index contributed by atoms with van der Waals surface area (Å²) in [5.74, 6) is 0.497. The van der Waals surface area contributed by atoms with Gasteiger partial charge >= 0.3 is 0 Å². The molecule has 1 aromatic heterocycles. The van der Waals surface area contributed by atoms with Crippen molar-refractivity contribution in [1.82, 2.24) is 9.78 Å². The van der Waals surface area contributed by atoms with Gasteiger partial charge in [0.15, 0.2) is 0 Å². The smallest absolute Gasteiger partial charge is 0.145 e. The lowest BCUT2D eigenvalue weighted by Crippen LogP contribution is -2.27. The number of hydrogen-bond acceptors (Lipinski definition) is 3. The molecule has 12 heavy (non-hydrogen) atoms. The van der Waals surface area contributed by atoms with Crippen LogP contribution in [-0.2, 0) is 6.54 Å². The summed E-state index contributed by atoms with van der Waals surface area (Å²) < 4.78 is 1.70. The number of aromatic nitrogens is 2. The summed E-state index contributed by atoms with van der Waals surface area (Å²) in [6.07, 6.45) is 0. The average molecular weight is 169 g/mol. The van der Waals surface area contributed by atoms with E-state index in [0.717, 1.165) is 5.69 Å². The fourth-order valence-corrected chi connectivity index (χ4v) is 1.06. The van der Waals surface area contributed by atoms with Gasteiger partial charge in [-0.2, -0.15) is 5.10 Å². The Hall–Kier alpha value is -1.03. The molecule has 1 rings (SSSR count). The molecule has 3 N–H and O–H groups in total. The van der Waals surface area contributed by atoms with E-state index in [1.54, 1.807) is 24.6 Å². The zero-order valence-electron chi connectivity index (χ0n) is 7.70. The Bertz CT molecular complexity index is 272. The number of nitrogens with zero attached hydrogens (tertiary/aromatic N) is 2. The van der Waals surface area contributed by atoms with Crippen LogP contribution in [0, 0.1) is 6.92 Å². The number of rotatable bonds is 2. The van der Waals surface area contributed by atoms with Crippen molar-refractivity contribution in [2.75, 3.05) is 5.73 Å². The molecule has 1 heterocycles. The first-order chi connectivity index (χ1) is 5.38. The van der Waals surface area contributed by atoms with Crippen LogP contribution in [0.3, 0.4) is 0 Å². The summed E-state index contributed by atoms with van der Waals surface area (Å²) in [6, 6.07) is 1.78. The Morgan fingerprint density at radius 1 is 1.67 bits per heavy atom. The third-order valence-electron chi connectivity index (χ3n) is 1.54. The van der Waals surface area contributed by atoms with Crippen molar-refractivity contribution in [3.05, 3.63) is 11.8 Å². The summed E-state index contributed by atoms with van der Waals surface area (Å²) in [6.45, 7) is 5.86. The maximum Gasteiger partial charge on any atom is 0.145 e. The van der Waals surface area contributed by atoms with Crippen molar-refractivity contribution in [1.29, 1.82) is 0 Å². The molecule has 4 heteroatoms. The second-order valence-corrected chi connectivity index (χ2v) is 3.68. The Labute approximate surface area is 72.0 Å². The first-order valence-corrected chi connectivity index (χ1v) is 3.91. The van der Waals surface area contributed by atoms with Crippen LogP contribution in [0.15, 0.2) is 6.07 Å². The minimum atomic E-state index is -0.747. The van der Waals surface area contributed by atoms with Gasteiger partial charge in [0.2, 0.25) is 0 Å². The van der Waals surface area contributed by atoms with E-state index in [4.69, 9.17) is 5.73 Å². The minimum Gasteiger partial charge on any atom is -0.389 e. The number of nitrogen functional groups attached to an aromatic ring is 1. The van der Waals surface area contributed by atoms with Crippen LogP contribution in [0.4, 0.5) is 5.82 Å². The summed E-state index contributed by atoms with van der Waals surface area (Å²) in [5, 5.41) is 13.5. The van der Waals surface area contributed by atoms with Crippen LogP contribution in [0.25, 0.3) is 0 Å². The van der Waals surface area contributed by atoms with Gasteiger partial charge in [0.1, 0.15) is 5.82 Å². The number of nitrogens with two attached hydrogens (primary N) is 1. The van der Waals surface area contributed by atoms with Crippen LogP contribution in [0.2, 0.25) is 0 Å². The largest absolute Gasteiger partial charge is 0.389 e.